The lowest BCUT2D eigenvalue weighted by molar-refractivity contribution is 0.0896. The van der Waals surface area contributed by atoms with E-state index in [-0.39, 0.29) is 0 Å². The average Bonchev–Trinajstić information content (AvgIpc) is 2.79. The number of nitrogens with zero attached hydrogens (tertiary/aromatic N) is 1. The smallest absolute Gasteiger partial charge is 0.0586 e. The second kappa shape index (κ2) is 5.99. The molecule has 1 heterocycles. The molecule has 2 atom stereocenters. The quantitative estimate of drug-likeness (QED) is 0.788. The molecule has 0 radical (unpaired) electrons. The van der Waals surface area contributed by atoms with Gasteiger partial charge in [-0.2, -0.15) is 0 Å². The first kappa shape index (κ1) is 12.3. The average molecular weight is 226 g/mol. The second-order valence-corrected chi connectivity index (χ2v) is 5.19. The Morgan fingerprint density at radius 2 is 1.94 bits per heavy atom. The summed E-state index contributed by atoms with van der Waals surface area (Å²) < 4.78 is 5.45. The molecule has 2 fully saturated rings. The fourth-order valence-corrected chi connectivity index (χ4v) is 3.22. The maximum Gasteiger partial charge on any atom is 0.0586 e. The molecule has 1 saturated heterocycles. The van der Waals surface area contributed by atoms with E-state index in [1.807, 2.05) is 7.11 Å². The van der Waals surface area contributed by atoms with Crippen LogP contribution in [0.1, 0.15) is 39.0 Å². The van der Waals surface area contributed by atoms with Gasteiger partial charge in [0.05, 0.1) is 6.10 Å². The van der Waals surface area contributed by atoms with Crippen LogP contribution in [0.3, 0.4) is 0 Å². The van der Waals surface area contributed by atoms with Gasteiger partial charge in [-0.05, 0) is 51.7 Å². The van der Waals surface area contributed by atoms with Gasteiger partial charge in [-0.15, -0.1) is 0 Å². The lowest BCUT2D eigenvalue weighted by Crippen LogP contribution is -2.46. The predicted octanol–water partition coefficient (Wildman–Crippen LogP) is 1.63. The third-order valence-electron chi connectivity index (χ3n) is 4.23. The van der Waals surface area contributed by atoms with E-state index in [0.717, 1.165) is 18.6 Å². The van der Waals surface area contributed by atoms with Gasteiger partial charge in [0.15, 0.2) is 0 Å². The molecule has 2 aliphatic rings. The van der Waals surface area contributed by atoms with Crippen molar-refractivity contribution < 1.29 is 4.74 Å². The van der Waals surface area contributed by atoms with Crippen molar-refractivity contribution in [1.29, 1.82) is 0 Å². The van der Waals surface area contributed by atoms with Gasteiger partial charge in [0, 0.05) is 19.2 Å². The van der Waals surface area contributed by atoms with E-state index in [2.05, 4.69) is 17.1 Å². The molecule has 2 unspecified atom stereocenters. The van der Waals surface area contributed by atoms with E-state index in [0.29, 0.717) is 6.10 Å². The third kappa shape index (κ3) is 2.96. The van der Waals surface area contributed by atoms with Crippen molar-refractivity contribution in [3.05, 3.63) is 0 Å². The van der Waals surface area contributed by atoms with Gasteiger partial charge in [0.25, 0.3) is 0 Å². The molecule has 1 N–H and O–H groups in total. The summed E-state index contributed by atoms with van der Waals surface area (Å²) >= 11 is 0. The molecule has 16 heavy (non-hydrogen) atoms. The molecule has 3 heteroatoms. The fourth-order valence-electron chi connectivity index (χ4n) is 3.22. The number of hydrogen-bond donors (Lipinski definition) is 1. The molecule has 0 aromatic rings. The lowest BCUT2D eigenvalue weighted by atomic mass is 10.0. The van der Waals surface area contributed by atoms with Gasteiger partial charge in [0.1, 0.15) is 0 Å². The number of rotatable bonds is 4. The topological polar surface area (TPSA) is 24.5 Å². The van der Waals surface area contributed by atoms with Gasteiger partial charge in [-0.3, -0.25) is 0 Å². The summed E-state index contributed by atoms with van der Waals surface area (Å²) in [7, 11) is 1.85. The number of piperidine rings is 1. The lowest BCUT2D eigenvalue weighted by Gasteiger charge is -2.36. The highest BCUT2D eigenvalue weighted by atomic mass is 16.5. The van der Waals surface area contributed by atoms with Crippen molar-refractivity contribution >= 4 is 0 Å². The molecule has 2 rings (SSSR count). The first-order valence-corrected chi connectivity index (χ1v) is 6.83. The Morgan fingerprint density at radius 1 is 1.19 bits per heavy atom. The zero-order valence-corrected chi connectivity index (χ0v) is 10.7. The third-order valence-corrected chi connectivity index (χ3v) is 4.23. The van der Waals surface area contributed by atoms with Crippen LogP contribution in [0.5, 0.6) is 0 Å². The summed E-state index contributed by atoms with van der Waals surface area (Å²) in [5.41, 5.74) is 0. The maximum absolute atomic E-state index is 5.45. The van der Waals surface area contributed by atoms with E-state index in [1.165, 1.54) is 45.2 Å². The van der Waals surface area contributed by atoms with Crippen molar-refractivity contribution in [2.45, 2.75) is 57.2 Å². The van der Waals surface area contributed by atoms with Crippen LogP contribution in [0.2, 0.25) is 0 Å². The Kier molecular flexibility index (Phi) is 4.62. The zero-order valence-electron chi connectivity index (χ0n) is 10.7. The molecule has 1 aliphatic carbocycles. The number of methoxy groups -OCH3 is 1. The van der Waals surface area contributed by atoms with E-state index in [4.69, 9.17) is 4.74 Å². The molecule has 94 valence electrons. The van der Waals surface area contributed by atoms with Crippen LogP contribution in [-0.4, -0.2) is 49.8 Å². The second-order valence-electron chi connectivity index (χ2n) is 5.19. The zero-order chi connectivity index (χ0) is 11.4. The van der Waals surface area contributed by atoms with Gasteiger partial charge in [-0.1, -0.05) is 6.92 Å². The number of hydrogen-bond acceptors (Lipinski definition) is 3. The molecular weight excluding hydrogens is 200 g/mol. The molecular formula is C13H26N2O. The Bertz CT molecular complexity index is 202. The first-order chi connectivity index (χ1) is 7.83. The van der Waals surface area contributed by atoms with Crippen molar-refractivity contribution in [3.63, 3.8) is 0 Å². The van der Waals surface area contributed by atoms with Gasteiger partial charge < -0.3 is 15.0 Å². The summed E-state index contributed by atoms with van der Waals surface area (Å²) in [5, 5.41) is 3.56. The predicted molar refractivity (Wildman–Crippen MR) is 66.7 cm³/mol. The molecule has 3 nitrogen and oxygen atoms in total. The van der Waals surface area contributed by atoms with Gasteiger partial charge in [0.2, 0.25) is 0 Å². The minimum Gasteiger partial charge on any atom is -0.381 e. The highest BCUT2D eigenvalue weighted by Gasteiger charge is 2.31. The Labute approximate surface area is 99.5 Å². The Morgan fingerprint density at radius 3 is 2.50 bits per heavy atom. The van der Waals surface area contributed by atoms with E-state index < -0.39 is 0 Å². The highest BCUT2D eigenvalue weighted by molar-refractivity contribution is 4.87. The van der Waals surface area contributed by atoms with Crippen molar-refractivity contribution in [3.8, 4) is 0 Å². The molecule has 0 spiro atoms. The van der Waals surface area contributed by atoms with Crippen LogP contribution < -0.4 is 5.32 Å². The van der Waals surface area contributed by atoms with Crippen LogP contribution in [0.15, 0.2) is 0 Å². The molecule has 1 saturated carbocycles. The number of ether oxygens (including phenoxy) is 1. The molecule has 0 aromatic heterocycles. The van der Waals surface area contributed by atoms with Crippen molar-refractivity contribution in [2.75, 3.05) is 26.7 Å². The highest BCUT2D eigenvalue weighted by Crippen LogP contribution is 2.28. The molecule has 1 aliphatic heterocycles. The van der Waals surface area contributed by atoms with Crippen LogP contribution >= 0.6 is 0 Å². The monoisotopic (exact) mass is 226 g/mol. The van der Waals surface area contributed by atoms with Gasteiger partial charge in [-0.25, -0.2) is 0 Å². The number of likely N-dealkylation sites (tertiary alicyclic amines) is 1. The Balaban J connectivity index is 1.72. The van der Waals surface area contributed by atoms with Gasteiger partial charge >= 0.3 is 0 Å². The summed E-state index contributed by atoms with van der Waals surface area (Å²) in [6, 6.07) is 1.56. The largest absolute Gasteiger partial charge is 0.381 e. The molecule has 0 bridgehead atoms. The minimum absolute atomic E-state index is 0.525. The summed E-state index contributed by atoms with van der Waals surface area (Å²) in [6.45, 7) is 5.86. The summed E-state index contributed by atoms with van der Waals surface area (Å²) in [4.78, 5) is 2.69. The van der Waals surface area contributed by atoms with E-state index in [9.17, 15) is 0 Å². The Hall–Kier alpha value is -0.120. The molecule has 0 amide bonds. The van der Waals surface area contributed by atoms with Crippen LogP contribution in [0.25, 0.3) is 0 Å². The minimum atomic E-state index is 0.525. The van der Waals surface area contributed by atoms with Crippen molar-refractivity contribution in [2.24, 2.45) is 0 Å². The van der Waals surface area contributed by atoms with Crippen LogP contribution in [0, 0.1) is 0 Å². The molecule has 0 aromatic carbocycles. The van der Waals surface area contributed by atoms with Crippen LogP contribution in [-0.2, 0) is 4.74 Å². The van der Waals surface area contributed by atoms with E-state index in [1.54, 1.807) is 0 Å². The van der Waals surface area contributed by atoms with Crippen molar-refractivity contribution in [1.82, 2.24) is 10.2 Å². The standard InChI is InChI=1S/C13H26N2O/c1-3-14-11-6-8-15(9-7-11)12-4-5-13(10-12)16-2/h11-14H,3-10H2,1-2H3. The first-order valence-electron chi connectivity index (χ1n) is 6.83. The SMILES string of the molecule is CCNC1CCN(C2CCC(OC)C2)CC1. The summed E-state index contributed by atoms with van der Waals surface area (Å²) in [5.74, 6) is 0. The summed E-state index contributed by atoms with van der Waals surface area (Å²) in [6.07, 6.45) is 7.02. The fraction of sp³-hybridized carbons (Fsp3) is 1.00. The van der Waals surface area contributed by atoms with E-state index >= 15 is 0 Å². The normalized spacial score (nSPS) is 33.4. The van der Waals surface area contributed by atoms with Crippen LogP contribution in [0.4, 0.5) is 0 Å². The number of nitrogens with one attached hydrogen (secondary N) is 1. The maximum atomic E-state index is 5.45.